The molecule has 0 bridgehead atoms. The quantitative estimate of drug-likeness (QED) is 0.530. The van der Waals surface area contributed by atoms with Gasteiger partial charge in [0.2, 0.25) is 5.91 Å². The Morgan fingerprint density at radius 3 is 2.58 bits per heavy atom. The predicted molar refractivity (Wildman–Crippen MR) is 117 cm³/mol. The first-order chi connectivity index (χ1) is 14.9. The van der Waals surface area contributed by atoms with Crippen LogP contribution < -0.4 is 4.74 Å². The highest BCUT2D eigenvalue weighted by Gasteiger charge is 2.27. The summed E-state index contributed by atoms with van der Waals surface area (Å²) >= 11 is 1.53. The number of esters is 1. The lowest BCUT2D eigenvalue weighted by molar-refractivity contribution is -0.128. The van der Waals surface area contributed by atoms with E-state index in [4.69, 9.17) is 9.47 Å². The first kappa shape index (κ1) is 21.0. The van der Waals surface area contributed by atoms with Crippen LogP contribution in [0, 0.1) is 12.8 Å². The average Bonchev–Trinajstić information content (AvgIpc) is 3.33. The number of carbonyl (C=O) groups is 2. The van der Waals surface area contributed by atoms with E-state index >= 15 is 0 Å². The molecule has 3 aromatic rings. The minimum atomic E-state index is -0.441. The summed E-state index contributed by atoms with van der Waals surface area (Å²) in [5.74, 6) is 1.17. The molecule has 8 heteroatoms. The number of aryl methyl sites for hydroxylation is 1. The Balaban J connectivity index is 1.60. The maximum Gasteiger partial charge on any atom is 0.337 e. The Morgan fingerprint density at radius 2 is 1.97 bits per heavy atom. The second-order valence-electron chi connectivity index (χ2n) is 7.65. The molecule has 0 N–H and O–H groups in total. The molecule has 160 valence electrons. The summed E-state index contributed by atoms with van der Waals surface area (Å²) in [5.41, 5.74) is 2.18. The molecule has 1 saturated heterocycles. The van der Waals surface area contributed by atoms with Crippen molar-refractivity contribution >= 4 is 23.2 Å². The minimum Gasteiger partial charge on any atom is -0.465 e. The Bertz CT molecular complexity index is 1110. The highest BCUT2D eigenvalue weighted by molar-refractivity contribution is 7.14. The molecule has 1 atom stereocenters. The third kappa shape index (κ3) is 4.74. The van der Waals surface area contributed by atoms with Crippen LogP contribution in [0.5, 0.6) is 11.5 Å². The molecular weight excluding hydrogens is 414 g/mol. The van der Waals surface area contributed by atoms with Crippen molar-refractivity contribution in [2.45, 2.75) is 26.8 Å². The molecule has 0 aliphatic carbocycles. The SMILES string of the molecule is COC(=O)c1ccc(CN2CC(C)CC2=O)c(Oc2ccc(-c3nnc(C)s3)cc2)c1. The van der Waals surface area contributed by atoms with Crippen LogP contribution in [0.4, 0.5) is 0 Å². The van der Waals surface area contributed by atoms with Crippen LogP contribution in [0.25, 0.3) is 10.6 Å². The summed E-state index contributed by atoms with van der Waals surface area (Å²) in [6.45, 7) is 5.13. The molecule has 7 nitrogen and oxygen atoms in total. The number of carbonyl (C=O) groups excluding carboxylic acids is 2. The molecule has 0 radical (unpaired) electrons. The van der Waals surface area contributed by atoms with E-state index in [-0.39, 0.29) is 5.91 Å². The molecule has 1 fully saturated rings. The fourth-order valence-electron chi connectivity index (χ4n) is 3.56. The van der Waals surface area contributed by atoms with Crippen LogP contribution >= 0.6 is 11.3 Å². The van der Waals surface area contributed by atoms with Gasteiger partial charge in [0.1, 0.15) is 21.5 Å². The molecule has 0 spiro atoms. The largest absolute Gasteiger partial charge is 0.465 e. The van der Waals surface area contributed by atoms with E-state index in [0.717, 1.165) is 21.1 Å². The highest BCUT2D eigenvalue weighted by Crippen LogP contribution is 2.32. The van der Waals surface area contributed by atoms with Crippen LogP contribution in [0.1, 0.15) is 34.3 Å². The smallest absolute Gasteiger partial charge is 0.337 e. The first-order valence-corrected chi connectivity index (χ1v) is 10.8. The van der Waals surface area contributed by atoms with Crippen molar-refractivity contribution in [2.75, 3.05) is 13.7 Å². The topological polar surface area (TPSA) is 81.6 Å². The summed E-state index contributed by atoms with van der Waals surface area (Å²) in [6.07, 6.45) is 0.559. The number of benzene rings is 2. The monoisotopic (exact) mass is 437 g/mol. The summed E-state index contributed by atoms with van der Waals surface area (Å²) in [7, 11) is 1.34. The van der Waals surface area contributed by atoms with E-state index in [1.807, 2.05) is 42.2 Å². The zero-order chi connectivity index (χ0) is 22.0. The van der Waals surface area contributed by atoms with Crippen molar-refractivity contribution in [3.05, 3.63) is 58.6 Å². The molecule has 31 heavy (non-hydrogen) atoms. The molecule has 1 aliphatic rings. The van der Waals surface area contributed by atoms with E-state index in [1.165, 1.54) is 18.4 Å². The summed E-state index contributed by atoms with van der Waals surface area (Å²) < 4.78 is 11.0. The van der Waals surface area contributed by atoms with Crippen molar-refractivity contribution < 1.29 is 19.1 Å². The van der Waals surface area contributed by atoms with Gasteiger partial charge in [-0.3, -0.25) is 4.79 Å². The van der Waals surface area contributed by atoms with Crippen LogP contribution in [0.15, 0.2) is 42.5 Å². The molecule has 2 heterocycles. The number of hydrogen-bond acceptors (Lipinski definition) is 7. The molecule has 4 rings (SSSR count). The minimum absolute atomic E-state index is 0.132. The lowest BCUT2D eigenvalue weighted by Crippen LogP contribution is -2.24. The maximum absolute atomic E-state index is 12.3. The Kier molecular flexibility index (Phi) is 5.99. The maximum atomic E-state index is 12.3. The van der Waals surface area contributed by atoms with E-state index in [2.05, 4.69) is 17.1 Å². The zero-order valence-electron chi connectivity index (χ0n) is 17.6. The third-order valence-electron chi connectivity index (χ3n) is 5.11. The van der Waals surface area contributed by atoms with Gasteiger partial charge in [0, 0.05) is 30.6 Å². The molecule has 1 aromatic heterocycles. The van der Waals surface area contributed by atoms with Gasteiger partial charge in [0.15, 0.2) is 0 Å². The molecule has 1 aliphatic heterocycles. The third-order valence-corrected chi connectivity index (χ3v) is 6.00. The summed E-state index contributed by atoms with van der Waals surface area (Å²) in [6, 6.07) is 12.7. The zero-order valence-corrected chi connectivity index (χ0v) is 18.4. The number of likely N-dealkylation sites (tertiary alicyclic amines) is 1. The van der Waals surface area contributed by atoms with E-state index in [1.54, 1.807) is 12.1 Å². The summed E-state index contributed by atoms with van der Waals surface area (Å²) in [5, 5.41) is 9.97. The Hall–Kier alpha value is -3.26. The number of hydrogen-bond donors (Lipinski definition) is 0. The van der Waals surface area contributed by atoms with Crippen LogP contribution in [0.2, 0.25) is 0 Å². The Labute approximate surface area is 184 Å². The van der Waals surface area contributed by atoms with Crippen molar-refractivity contribution in [3.8, 4) is 22.1 Å². The molecule has 1 unspecified atom stereocenters. The van der Waals surface area contributed by atoms with Gasteiger partial charge in [0.25, 0.3) is 0 Å². The first-order valence-electron chi connectivity index (χ1n) is 10.0. The van der Waals surface area contributed by atoms with Gasteiger partial charge >= 0.3 is 5.97 Å². The van der Waals surface area contributed by atoms with E-state index in [0.29, 0.717) is 42.5 Å². The number of amides is 1. The van der Waals surface area contributed by atoms with Gasteiger partial charge in [-0.2, -0.15) is 0 Å². The van der Waals surface area contributed by atoms with Gasteiger partial charge in [-0.1, -0.05) is 24.3 Å². The standard InChI is InChI=1S/C23H23N3O4S/c1-14-10-21(27)26(12-14)13-18-5-4-17(23(28)29-3)11-20(18)30-19-8-6-16(7-9-19)22-25-24-15(2)31-22/h4-9,11,14H,10,12-13H2,1-3H3. The van der Waals surface area contributed by atoms with Crippen molar-refractivity contribution in [1.29, 1.82) is 0 Å². The van der Waals surface area contributed by atoms with Gasteiger partial charge in [0.05, 0.1) is 12.7 Å². The van der Waals surface area contributed by atoms with Gasteiger partial charge in [-0.05, 0) is 49.2 Å². The average molecular weight is 438 g/mol. The number of rotatable bonds is 6. The lowest BCUT2D eigenvalue weighted by Gasteiger charge is -2.19. The second kappa shape index (κ2) is 8.85. The number of nitrogens with zero attached hydrogens (tertiary/aromatic N) is 3. The van der Waals surface area contributed by atoms with Crippen molar-refractivity contribution in [3.63, 3.8) is 0 Å². The van der Waals surface area contributed by atoms with Crippen molar-refractivity contribution in [1.82, 2.24) is 15.1 Å². The van der Waals surface area contributed by atoms with Crippen LogP contribution in [-0.2, 0) is 16.1 Å². The van der Waals surface area contributed by atoms with Gasteiger partial charge in [-0.15, -0.1) is 10.2 Å². The normalized spacial score (nSPS) is 15.9. The Morgan fingerprint density at radius 1 is 1.19 bits per heavy atom. The number of aromatic nitrogens is 2. The fraction of sp³-hybridized carbons (Fsp3) is 0.304. The molecule has 2 aromatic carbocycles. The second-order valence-corrected chi connectivity index (χ2v) is 8.83. The predicted octanol–water partition coefficient (Wildman–Crippen LogP) is 4.46. The number of methoxy groups -OCH3 is 1. The lowest BCUT2D eigenvalue weighted by atomic mass is 10.1. The van der Waals surface area contributed by atoms with E-state index < -0.39 is 5.97 Å². The van der Waals surface area contributed by atoms with Crippen molar-refractivity contribution in [2.24, 2.45) is 5.92 Å². The van der Waals surface area contributed by atoms with Gasteiger partial charge < -0.3 is 14.4 Å². The van der Waals surface area contributed by atoms with Gasteiger partial charge in [-0.25, -0.2) is 4.79 Å². The highest BCUT2D eigenvalue weighted by atomic mass is 32.1. The molecule has 0 saturated carbocycles. The van der Waals surface area contributed by atoms with Crippen LogP contribution in [-0.4, -0.2) is 40.6 Å². The molecule has 1 amide bonds. The van der Waals surface area contributed by atoms with E-state index in [9.17, 15) is 9.59 Å². The fourth-order valence-corrected chi connectivity index (χ4v) is 4.26. The van der Waals surface area contributed by atoms with Crippen LogP contribution in [0.3, 0.4) is 0 Å². The molecular formula is C23H23N3O4S. The number of ether oxygens (including phenoxy) is 2. The summed E-state index contributed by atoms with van der Waals surface area (Å²) in [4.78, 5) is 26.1.